The molecule has 0 aromatic carbocycles. The Morgan fingerprint density at radius 1 is 1.35 bits per heavy atom. The highest BCUT2D eigenvalue weighted by molar-refractivity contribution is 5.91. The SMILES string of the molecule is COc1nc(CNC(=O)c2ccno2)nc(N2CCOCC2)n1. The van der Waals surface area contributed by atoms with Crippen LogP contribution in [0.4, 0.5) is 5.95 Å². The van der Waals surface area contributed by atoms with Crippen molar-refractivity contribution in [2.45, 2.75) is 6.54 Å². The van der Waals surface area contributed by atoms with Crippen molar-refractivity contribution >= 4 is 11.9 Å². The Hall–Kier alpha value is -2.75. The largest absolute Gasteiger partial charge is 0.467 e. The van der Waals surface area contributed by atoms with Crippen LogP contribution in [0.2, 0.25) is 0 Å². The van der Waals surface area contributed by atoms with E-state index < -0.39 is 5.91 Å². The third kappa shape index (κ3) is 3.72. The molecule has 2 aromatic rings. The number of nitrogens with one attached hydrogen (secondary N) is 1. The number of amides is 1. The van der Waals surface area contributed by atoms with Gasteiger partial charge in [0.2, 0.25) is 11.7 Å². The zero-order chi connectivity index (χ0) is 16.1. The Balaban J connectivity index is 1.71. The number of aromatic nitrogens is 4. The number of carbonyl (C=O) groups excluding carboxylic acids is 1. The summed E-state index contributed by atoms with van der Waals surface area (Å²) in [6.45, 7) is 2.74. The van der Waals surface area contributed by atoms with Crippen LogP contribution < -0.4 is 15.0 Å². The molecule has 0 bridgehead atoms. The molecule has 3 heterocycles. The van der Waals surface area contributed by atoms with Crippen molar-refractivity contribution in [3.05, 3.63) is 23.8 Å². The van der Waals surface area contributed by atoms with Crippen LogP contribution in [0, 0.1) is 0 Å². The van der Waals surface area contributed by atoms with Crippen LogP contribution in [-0.2, 0) is 11.3 Å². The van der Waals surface area contributed by atoms with Gasteiger partial charge in [-0.1, -0.05) is 5.16 Å². The van der Waals surface area contributed by atoms with E-state index in [4.69, 9.17) is 14.0 Å². The fourth-order valence-corrected chi connectivity index (χ4v) is 2.04. The molecule has 0 unspecified atom stereocenters. The number of carbonyl (C=O) groups is 1. The van der Waals surface area contributed by atoms with E-state index in [0.717, 1.165) is 0 Å². The maximum Gasteiger partial charge on any atom is 0.321 e. The van der Waals surface area contributed by atoms with Gasteiger partial charge in [-0.25, -0.2) is 0 Å². The minimum Gasteiger partial charge on any atom is -0.467 e. The van der Waals surface area contributed by atoms with Gasteiger partial charge in [0, 0.05) is 19.2 Å². The standard InChI is InChI=1S/C13H16N6O4/c1-21-13-17-10(8-14-11(20)9-2-3-15-23-9)16-12(18-13)19-4-6-22-7-5-19/h2-3H,4-8H2,1H3,(H,14,20). The van der Waals surface area contributed by atoms with E-state index in [1.807, 2.05) is 4.90 Å². The molecule has 3 rings (SSSR count). The predicted molar refractivity (Wildman–Crippen MR) is 77.1 cm³/mol. The second-order valence-corrected chi connectivity index (χ2v) is 4.70. The molecule has 10 heteroatoms. The number of nitrogens with zero attached hydrogens (tertiary/aromatic N) is 5. The fraction of sp³-hybridized carbons (Fsp3) is 0.462. The van der Waals surface area contributed by atoms with Crippen LogP contribution in [0.3, 0.4) is 0 Å². The summed E-state index contributed by atoms with van der Waals surface area (Å²) in [5.41, 5.74) is 0. The van der Waals surface area contributed by atoms with Gasteiger partial charge in [-0.3, -0.25) is 4.79 Å². The van der Waals surface area contributed by atoms with E-state index in [2.05, 4.69) is 25.4 Å². The van der Waals surface area contributed by atoms with Crippen LogP contribution >= 0.6 is 0 Å². The molecule has 1 fully saturated rings. The topological polar surface area (TPSA) is 116 Å². The van der Waals surface area contributed by atoms with Gasteiger partial charge in [-0.2, -0.15) is 15.0 Å². The number of rotatable bonds is 5. The first kappa shape index (κ1) is 15.2. The summed E-state index contributed by atoms with van der Waals surface area (Å²) in [7, 11) is 1.48. The number of morpholine rings is 1. The molecular weight excluding hydrogens is 304 g/mol. The molecule has 122 valence electrons. The molecule has 1 aliphatic heterocycles. The highest BCUT2D eigenvalue weighted by atomic mass is 16.5. The van der Waals surface area contributed by atoms with Crippen molar-refractivity contribution in [3.63, 3.8) is 0 Å². The number of hydrogen-bond acceptors (Lipinski definition) is 9. The molecule has 1 aliphatic rings. The van der Waals surface area contributed by atoms with Gasteiger partial charge in [-0.05, 0) is 0 Å². The minimum atomic E-state index is -0.394. The second kappa shape index (κ2) is 7.01. The number of ether oxygens (including phenoxy) is 2. The summed E-state index contributed by atoms with van der Waals surface area (Å²) in [5, 5.41) is 6.14. The lowest BCUT2D eigenvalue weighted by Crippen LogP contribution is -2.37. The van der Waals surface area contributed by atoms with Crippen molar-refractivity contribution in [1.29, 1.82) is 0 Å². The first-order valence-electron chi connectivity index (χ1n) is 7.07. The summed E-state index contributed by atoms with van der Waals surface area (Å²) in [5.74, 6) is 0.629. The van der Waals surface area contributed by atoms with Crippen molar-refractivity contribution in [2.75, 3.05) is 38.3 Å². The smallest absolute Gasteiger partial charge is 0.321 e. The number of anilines is 1. The van der Waals surface area contributed by atoms with Gasteiger partial charge in [0.25, 0.3) is 5.91 Å². The molecular formula is C13H16N6O4. The van der Waals surface area contributed by atoms with E-state index in [1.165, 1.54) is 19.4 Å². The van der Waals surface area contributed by atoms with Crippen LogP contribution in [0.25, 0.3) is 0 Å². The molecule has 1 N–H and O–H groups in total. The minimum absolute atomic E-state index is 0.121. The normalized spacial score (nSPS) is 14.6. The zero-order valence-corrected chi connectivity index (χ0v) is 12.6. The fourth-order valence-electron chi connectivity index (χ4n) is 2.04. The zero-order valence-electron chi connectivity index (χ0n) is 12.6. The Morgan fingerprint density at radius 3 is 2.87 bits per heavy atom. The summed E-state index contributed by atoms with van der Waals surface area (Å²) < 4.78 is 15.2. The molecule has 0 radical (unpaired) electrons. The lowest BCUT2D eigenvalue weighted by atomic mass is 10.4. The van der Waals surface area contributed by atoms with Gasteiger partial charge in [0.05, 0.1) is 33.1 Å². The maximum atomic E-state index is 11.8. The number of methoxy groups -OCH3 is 1. The van der Waals surface area contributed by atoms with Crippen molar-refractivity contribution in [1.82, 2.24) is 25.4 Å². The molecule has 2 aromatic heterocycles. The lowest BCUT2D eigenvalue weighted by Gasteiger charge is -2.26. The van der Waals surface area contributed by atoms with E-state index in [0.29, 0.717) is 38.1 Å². The summed E-state index contributed by atoms with van der Waals surface area (Å²) >= 11 is 0. The molecule has 10 nitrogen and oxygen atoms in total. The number of hydrogen-bond donors (Lipinski definition) is 1. The van der Waals surface area contributed by atoms with Gasteiger partial charge in [-0.15, -0.1) is 0 Å². The van der Waals surface area contributed by atoms with Gasteiger partial charge >= 0.3 is 6.01 Å². The highest BCUT2D eigenvalue weighted by Crippen LogP contribution is 2.13. The average Bonchev–Trinajstić information content (AvgIpc) is 3.15. The third-order valence-electron chi connectivity index (χ3n) is 3.19. The monoisotopic (exact) mass is 320 g/mol. The molecule has 1 saturated heterocycles. The van der Waals surface area contributed by atoms with E-state index >= 15 is 0 Å². The molecule has 0 saturated carbocycles. The first-order chi connectivity index (χ1) is 11.3. The first-order valence-corrected chi connectivity index (χ1v) is 7.07. The Bertz CT molecular complexity index is 656. The van der Waals surface area contributed by atoms with Gasteiger partial charge in [0.1, 0.15) is 0 Å². The van der Waals surface area contributed by atoms with E-state index in [1.54, 1.807) is 0 Å². The van der Waals surface area contributed by atoms with E-state index in [9.17, 15) is 4.79 Å². The maximum absolute atomic E-state index is 11.8. The average molecular weight is 320 g/mol. The summed E-state index contributed by atoms with van der Waals surface area (Å²) in [6.07, 6.45) is 1.40. The third-order valence-corrected chi connectivity index (χ3v) is 3.19. The molecule has 23 heavy (non-hydrogen) atoms. The van der Waals surface area contributed by atoms with Crippen LogP contribution in [0.15, 0.2) is 16.8 Å². The Kier molecular flexibility index (Phi) is 4.62. The van der Waals surface area contributed by atoms with Gasteiger partial charge < -0.3 is 24.2 Å². The Labute approximate surface area is 131 Å². The molecule has 0 aliphatic carbocycles. The van der Waals surface area contributed by atoms with Crippen molar-refractivity contribution in [2.24, 2.45) is 0 Å². The van der Waals surface area contributed by atoms with Crippen LogP contribution in [-0.4, -0.2) is 59.4 Å². The lowest BCUT2D eigenvalue weighted by molar-refractivity contribution is 0.0912. The quantitative estimate of drug-likeness (QED) is 0.788. The molecule has 0 atom stereocenters. The van der Waals surface area contributed by atoms with Crippen LogP contribution in [0.1, 0.15) is 16.4 Å². The van der Waals surface area contributed by atoms with E-state index in [-0.39, 0.29) is 18.3 Å². The summed E-state index contributed by atoms with van der Waals surface area (Å²) in [6, 6.07) is 1.67. The van der Waals surface area contributed by atoms with Crippen molar-refractivity contribution in [3.8, 4) is 6.01 Å². The van der Waals surface area contributed by atoms with Crippen molar-refractivity contribution < 1.29 is 18.8 Å². The summed E-state index contributed by atoms with van der Waals surface area (Å²) in [4.78, 5) is 26.6. The highest BCUT2D eigenvalue weighted by Gasteiger charge is 2.17. The second-order valence-electron chi connectivity index (χ2n) is 4.70. The predicted octanol–water partition coefficient (Wildman–Crippen LogP) is -0.365. The Morgan fingerprint density at radius 2 is 2.17 bits per heavy atom. The molecule has 0 spiro atoms. The molecule has 1 amide bonds. The van der Waals surface area contributed by atoms with Crippen LogP contribution in [0.5, 0.6) is 6.01 Å². The van der Waals surface area contributed by atoms with Gasteiger partial charge in [0.15, 0.2) is 5.82 Å².